The summed E-state index contributed by atoms with van der Waals surface area (Å²) in [6.07, 6.45) is 8.04. The van der Waals surface area contributed by atoms with Crippen LogP contribution in [0.5, 0.6) is 0 Å². The van der Waals surface area contributed by atoms with Gasteiger partial charge < -0.3 is 10.7 Å². The van der Waals surface area contributed by atoms with Gasteiger partial charge in [-0.1, -0.05) is 49.6 Å². The molecule has 1 amide bonds. The van der Waals surface area contributed by atoms with Crippen LogP contribution in [0.25, 0.3) is 0 Å². The van der Waals surface area contributed by atoms with E-state index in [-0.39, 0.29) is 11.9 Å². The molecule has 2 aromatic rings. The van der Waals surface area contributed by atoms with E-state index < -0.39 is 5.54 Å². The Morgan fingerprint density at radius 3 is 2.61 bits per heavy atom. The van der Waals surface area contributed by atoms with Gasteiger partial charge in [-0.15, -0.1) is 0 Å². The molecule has 6 heteroatoms. The zero-order chi connectivity index (χ0) is 19.7. The third-order valence-corrected chi connectivity index (χ3v) is 6.10. The van der Waals surface area contributed by atoms with Crippen LogP contribution >= 0.6 is 0 Å². The molecule has 2 N–H and O–H groups in total. The Morgan fingerprint density at radius 1 is 1.18 bits per heavy atom. The summed E-state index contributed by atoms with van der Waals surface area (Å²) in [6.45, 7) is 7.14. The Hall–Kier alpha value is -2.34. The average molecular weight is 382 g/mol. The Bertz CT molecular complexity index is 823. The van der Waals surface area contributed by atoms with Crippen molar-refractivity contribution in [3.8, 4) is 0 Å². The Labute approximate surface area is 167 Å². The summed E-state index contributed by atoms with van der Waals surface area (Å²) >= 11 is 0. The van der Waals surface area contributed by atoms with Gasteiger partial charge in [-0.05, 0) is 39.2 Å². The van der Waals surface area contributed by atoms with E-state index in [0.29, 0.717) is 11.6 Å². The molecule has 1 aromatic carbocycles. The number of rotatable bonds is 4. The van der Waals surface area contributed by atoms with Gasteiger partial charge in [0.1, 0.15) is 5.56 Å². The first kappa shape index (κ1) is 19.0. The molecule has 1 atom stereocenters. The number of anilines is 1. The second-order valence-electron chi connectivity index (χ2n) is 8.70. The molecule has 28 heavy (non-hydrogen) atoms. The van der Waals surface area contributed by atoms with Crippen LogP contribution in [0.1, 0.15) is 74.8 Å². The number of hydrazine groups is 1. The van der Waals surface area contributed by atoms with E-state index in [2.05, 4.69) is 27.8 Å². The monoisotopic (exact) mass is 381 g/mol. The van der Waals surface area contributed by atoms with Crippen molar-refractivity contribution >= 4 is 11.7 Å². The zero-order valence-corrected chi connectivity index (χ0v) is 17.1. The smallest absolute Gasteiger partial charge is 0.257 e. The van der Waals surface area contributed by atoms with Crippen LogP contribution in [-0.4, -0.2) is 33.3 Å². The molecule has 0 bridgehead atoms. The van der Waals surface area contributed by atoms with Gasteiger partial charge in [-0.2, -0.15) is 5.10 Å². The van der Waals surface area contributed by atoms with Crippen LogP contribution in [0, 0.1) is 0 Å². The molecule has 1 aliphatic heterocycles. The van der Waals surface area contributed by atoms with Gasteiger partial charge in [0, 0.05) is 12.6 Å². The van der Waals surface area contributed by atoms with Gasteiger partial charge in [0.2, 0.25) is 0 Å². The summed E-state index contributed by atoms with van der Waals surface area (Å²) in [6, 6.07) is 10.8. The molecule has 2 aliphatic rings. The van der Waals surface area contributed by atoms with Crippen LogP contribution in [-0.2, 0) is 5.54 Å². The van der Waals surface area contributed by atoms with Crippen LogP contribution < -0.4 is 10.7 Å². The summed E-state index contributed by atoms with van der Waals surface area (Å²) in [5, 5.41) is 10.0. The van der Waals surface area contributed by atoms with E-state index in [1.807, 2.05) is 48.9 Å². The quantitative estimate of drug-likeness (QED) is 0.838. The van der Waals surface area contributed by atoms with Crippen molar-refractivity contribution in [3.63, 3.8) is 0 Å². The van der Waals surface area contributed by atoms with Crippen molar-refractivity contribution in [3.05, 3.63) is 47.7 Å². The minimum atomic E-state index is -0.462. The lowest BCUT2D eigenvalue weighted by molar-refractivity contribution is 0.0910. The van der Waals surface area contributed by atoms with E-state index >= 15 is 0 Å². The summed E-state index contributed by atoms with van der Waals surface area (Å²) in [5.41, 5.74) is 4.75. The van der Waals surface area contributed by atoms with Gasteiger partial charge in [0.05, 0.1) is 17.8 Å². The van der Waals surface area contributed by atoms with Crippen LogP contribution in [0.15, 0.2) is 36.5 Å². The van der Waals surface area contributed by atoms with Gasteiger partial charge in [0.25, 0.3) is 5.91 Å². The first-order chi connectivity index (χ1) is 13.5. The highest BCUT2D eigenvalue weighted by Crippen LogP contribution is 2.31. The largest absolute Gasteiger partial charge is 0.343 e. The standard InChI is InChI=1S/C22H31N5O/c1-16-15-26(18-12-8-5-9-13-18)25-20-19(14-23-27(16)20)21(28)24-22(2,3)17-10-6-4-7-11-17/h4,6-7,10-11,14,16,18,25H,5,8-9,12-13,15H2,1-3H3,(H,24,28). The molecule has 4 rings (SSSR count). The Kier molecular flexibility index (Phi) is 5.15. The van der Waals surface area contributed by atoms with Gasteiger partial charge in [0.15, 0.2) is 5.82 Å². The lowest BCUT2D eigenvalue weighted by atomic mass is 9.94. The molecule has 0 radical (unpaired) electrons. The number of nitrogens with one attached hydrogen (secondary N) is 2. The van der Waals surface area contributed by atoms with E-state index in [1.54, 1.807) is 6.20 Å². The second-order valence-corrected chi connectivity index (χ2v) is 8.70. The maximum absolute atomic E-state index is 13.1. The van der Waals surface area contributed by atoms with E-state index in [0.717, 1.165) is 17.9 Å². The topological polar surface area (TPSA) is 62.2 Å². The normalized spacial score (nSPS) is 21.0. The summed E-state index contributed by atoms with van der Waals surface area (Å²) < 4.78 is 1.95. The second kappa shape index (κ2) is 7.59. The number of aromatic nitrogens is 2. The first-order valence-corrected chi connectivity index (χ1v) is 10.4. The minimum absolute atomic E-state index is 0.0969. The van der Waals surface area contributed by atoms with E-state index in [4.69, 9.17) is 0 Å². The summed E-state index contributed by atoms with van der Waals surface area (Å²) in [5.74, 6) is 0.714. The van der Waals surface area contributed by atoms with Crippen molar-refractivity contribution in [1.82, 2.24) is 20.1 Å². The number of hydrogen-bond acceptors (Lipinski definition) is 4. The van der Waals surface area contributed by atoms with E-state index in [1.165, 1.54) is 32.1 Å². The van der Waals surface area contributed by atoms with Crippen molar-refractivity contribution in [2.75, 3.05) is 12.0 Å². The highest BCUT2D eigenvalue weighted by atomic mass is 16.1. The van der Waals surface area contributed by atoms with Crippen molar-refractivity contribution in [2.45, 2.75) is 70.5 Å². The molecule has 1 saturated carbocycles. The highest BCUT2D eigenvalue weighted by Gasteiger charge is 2.33. The average Bonchev–Trinajstić information content (AvgIpc) is 3.14. The first-order valence-electron chi connectivity index (χ1n) is 10.4. The molecule has 2 heterocycles. The van der Waals surface area contributed by atoms with Gasteiger partial charge >= 0.3 is 0 Å². The van der Waals surface area contributed by atoms with Crippen LogP contribution in [0.3, 0.4) is 0 Å². The van der Waals surface area contributed by atoms with Crippen LogP contribution in [0.4, 0.5) is 5.82 Å². The molecule has 1 aromatic heterocycles. The Balaban J connectivity index is 1.54. The molecule has 6 nitrogen and oxygen atoms in total. The summed E-state index contributed by atoms with van der Waals surface area (Å²) in [4.78, 5) is 13.1. The fraction of sp³-hybridized carbons (Fsp3) is 0.545. The van der Waals surface area contributed by atoms with Gasteiger partial charge in [-0.3, -0.25) is 4.79 Å². The minimum Gasteiger partial charge on any atom is -0.343 e. The molecular weight excluding hydrogens is 350 g/mol. The molecule has 1 fully saturated rings. The molecule has 0 spiro atoms. The number of amides is 1. The molecule has 150 valence electrons. The van der Waals surface area contributed by atoms with E-state index in [9.17, 15) is 4.79 Å². The molecule has 0 saturated heterocycles. The Morgan fingerprint density at radius 2 is 1.89 bits per heavy atom. The van der Waals surface area contributed by atoms with Crippen molar-refractivity contribution in [1.29, 1.82) is 0 Å². The fourth-order valence-electron chi connectivity index (χ4n) is 4.43. The molecular formula is C22H31N5O. The number of benzene rings is 1. The number of fused-ring (bicyclic) bond motifs is 1. The third kappa shape index (κ3) is 3.65. The highest BCUT2D eigenvalue weighted by molar-refractivity contribution is 5.99. The number of hydrogen-bond donors (Lipinski definition) is 2. The third-order valence-electron chi connectivity index (χ3n) is 6.10. The maximum Gasteiger partial charge on any atom is 0.257 e. The van der Waals surface area contributed by atoms with Crippen LogP contribution in [0.2, 0.25) is 0 Å². The van der Waals surface area contributed by atoms with Gasteiger partial charge in [-0.25, -0.2) is 9.69 Å². The number of carbonyl (C=O) groups is 1. The zero-order valence-electron chi connectivity index (χ0n) is 17.1. The van der Waals surface area contributed by atoms with Crippen molar-refractivity contribution < 1.29 is 4.79 Å². The lowest BCUT2D eigenvalue weighted by Gasteiger charge is -2.40. The molecule has 1 unspecified atom stereocenters. The number of carbonyl (C=O) groups excluding carboxylic acids is 1. The predicted octanol–water partition coefficient (Wildman–Crippen LogP) is 4.08. The SMILES string of the molecule is CC1CN(C2CCCCC2)Nc2c(C(=O)NC(C)(C)c3ccccc3)cnn21. The maximum atomic E-state index is 13.1. The number of nitrogens with zero attached hydrogens (tertiary/aromatic N) is 3. The lowest BCUT2D eigenvalue weighted by Crippen LogP contribution is -2.48. The summed E-state index contributed by atoms with van der Waals surface area (Å²) in [7, 11) is 0. The van der Waals surface area contributed by atoms with Crippen molar-refractivity contribution in [2.24, 2.45) is 0 Å². The predicted molar refractivity (Wildman–Crippen MR) is 111 cm³/mol. The fourth-order valence-corrected chi connectivity index (χ4v) is 4.43. The molecule has 1 aliphatic carbocycles.